The summed E-state index contributed by atoms with van der Waals surface area (Å²) in [5.74, 6) is -0.209. The first-order valence-corrected chi connectivity index (χ1v) is 7.36. The monoisotopic (exact) mass is 311 g/mol. The van der Waals surface area contributed by atoms with Crippen LogP contribution in [0.5, 0.6) is 0 Å². The van der Waals surface area contributed by atoms with E-state index in [9.17, 15) is 14.9 Å². The molecule has 1 aliphatic heterocycles. The first-order chi connectivity index (χ1) is 10.0. The van der Waals surface area contributed by atoms with E-state index in [2.05, 4.69) is 0 Å². The third-order valence-corrected chi connectivity index (χ3v) is 3.95. The molecule has 0 aliphatic carbocycles. The minimum atomic E-state index is -0.545. The van der Waals surface area contributed by atoms with Crippen LogP contribution < -0.4 is 5.73 Å². The van der Waals surface area contributed by atoms with Gasteiger partial charge in [0.05, 0.1) is 4.92 Å². The smallest absolute Gasteiger partial charge is 0.271 e. The maximum absolute atomic E-state index is 12.6. The number of nitrogens with two attached hydrogens (primary N) is 1. The summed E-state index contributed by atoms with van der Waals surface area (Å²) in [6, 6.07) is 4.11. The molecule has 0 saturated carbocycles. The summed E-state index contributed by atoms with van der Waals surface area (Å²) < 4.78 is 0. The Morgan fingerprint density at radius 1 is 1.43 bits per heavy atom. The van der Waals surface area contributed by atoms with Crippen LogP contribution in [0.3, 0.4) is 0 Å². The quantitative estimate of drug-likeness (QED) is 0.683. The van der Waals surface area contributed by atoms with Gasteiger partial charge < -0.3 is 10.6 Å². The number of halogens is 1. The van der Waals surface area contributed by atoms with E-state index in [1.165, 1.54) is 18.2 Å². The third kappa shape index (κ3) is 3.71. The van der Waals surface area contributed by atoms with E-state index in [-0.39, 0.29) is 28.2 Å². The third-order valence-electron chi connectivity index (χ3n) is 3.73. The lowest BCUT2D eigenvalue weighted by Gasteiger charge is -2.35. The molecule has 1 atom stereocenters. The Hall–Kier alpha value is -1.66. The Labute approximate surface area is 128 Å². The van der Waals surface area contributed by atoms with Crippen LogP contribution in [0.25, 0.3) is 0 Å². The first-order valence-electron chi connectivity index (χ1n) is 6.99. The highest BCUT2D eigenvalue weighted by Crippen LogP contribution is 2.25. The van der Waals surface area contributed by atoms with Crippen molar-refractivity contribution in [2.45, 2.75) is 31.7 Å². The van der Waals surface area contributed by atoms with Gasteiger partial charge in [0.1, 0.15) is 0 Å². The average molecular weight is 312 g/mol. The van der Waals surface area contributed by atoms with Gasteiger partial charge in [0.15, 0.2) is 0 Å². The summed E-state index contributed by atoms with van der Waals surface area (Å²) in [5, 5.41) is 11.1. The second-order valence-electron chi connectivity index (χ2n) is 5.18. The fourth-order valence-corrected chi connectivity index (χ4v) is 2.96. The maximum atomic E-state index is 12.6. The molecule has 0 radical (unpaired) electrons. The Bertz CT molecular complexity index is 548. The summed E-state index contributed by atoms with van der Waals surface area (Å²) in [7, 11) is 0. The molecular weight excluding hydrogens is 294 g/mol. The highest BCUT2D eigenvalue weighted by molar-refractivity contribution is 6.31. The topological polar surface area (TPSA) is 89.5 Å². The van der Waals surface area contributed by atoms with Crippen molar-refractivity contribution < 1.29 is 9.72 Å². The van der Waals surface area contributed by atoms with Gasteiger partial charge in [-0.25, -0.2) is 0 Å². The van der Waals surface area contributed by atoms with Crippen molar-refractivity contribution in [3.05, 3.63) is 38.9 Å². The van der Waals surface area contributed by atoms with Crippen molar-refractivity contribution in [2.24, 2.45) is 5.73 Å². The van der Waals surface area contributed by atoms with Gasteiger partial charge in [-0.05, 0) is 38.3 Å². The molecule has 0 aromatic heterocycles. The number of piperidine rings is 1. The zero-order valence-corrected chi connectivity index (χ0v) is 12.4. The van der Waals surface area contributed by atoms with E-state index >= 15 is 0 Å². The van der Waals surface area contributed by atoms with Gasteiger partial charge in [-0.15, -0.1) is 0 Å². The molecule has 1 unspecified atom stereocenters. The lowest BCUT2D eigenvalue weighted by Crippen LogP contribution is -2.44. The van der Waals surface area contributed by atoms with Crippen LogP contribution >= 0.6 is 11.6 Å². The number of hydrogen-bond donors (Lipinski definition) is 1. The molecule has 1 aromatic rings. The second-order valence-corrected chi connectivity index (χ2v) is 5.62. The molecule has 7 heteroatoms. The highest BCUT2D eigenvalue weighted by atomic mass is 35.5. The number of nitrogens with zero attached hydrogens (tertiary/aromatic N) is 2. The molecule has 0 bridgehead atoms. The van der Waals surface area contributed by atoms with Gasteiger partial charge in [0, 0.05) is 35.3 Å². The lowest BCUT2D eigenvalue weighted by atomic mass is 9.98. The SMILES string of the molecule is NCCC1CCCCN1C(=O)c1cc(Cl)cc([N+](=O)[O-])c1. The number of rotatable bonds is 4. The van der Waals surface area contributed by atoms with E-state index in [0.717, 1.165) is 25.7 Å². The van der Waals surface area contributed by atoms with Gasteiger partial charge in [-0.1, -0.05) is 11.6 Å². The van der Waals surface area contributed by atoms with Gasteiger partial charge in [0.2, 0.25) is 0 Å². The Morgan fingerprint density at radius 2 is 2.19 bits per heavy atom. The number of non-ortho nitro benzene ring substituents is 1. The van der Waals surface area contributed by atoms with Crippen molar-refractivity contribution in [1.29, 1.82) is 0 Å². The normalized spacial score (nSPS) is 18.6. The van der Waals surface area contributed by atoms with Crippen molar-refractivity contribution in [3.63, 3.8) is 0 Å². The van der Waals surface area contributed by atoms with Crippen LogP contribution in [0, 0.1) is 10.1 Å². The summed E-state index contributed by atoms with van der Waals surface area (Å²) in [4.78, 5) is 24.7. The van der Waals surface area contributed by atoms with Crippen LogP contribution in [-0.2, 0) is 0 Å². The summed E-state index contributed by atoms with van der Waals surface area (Å²) in [6.07, 6.45) is 3.68. The molecule has 21 heavy (non-hydrogen) atoms. The standard InChI is InChI=1S/C14H18ClN3O3/c15-11-7-10(8-13(9-11)18(20)21)14(19)17-6-2-1-3-12(17)4-5-16/h7-9,12H,1-6,16H2. The zero-order valence-electron chi connectivity index (χ0n) is 11.6. The van der Waals surface area contributed by atoms with Crippen molar-refractivity contribution >= 4 is 23.2 Å². The van der Waals surface area contributed by atoms with Crippen molar-refractivity contribution in [3.8, 4) is 0 Å². The average Bonchev–Trinajstić information content (AvgIpc) is 2.47. The molecule has 0 spiro atoms. The van der Waals surface area contributed by atoms with Gasteiger partial charge >= 0.3 is 0 Å². The van der Waals surface area contributed by atoms with E-state index in [0.29, 0.717) is 13.1 Å². The van der Waals surface area contributed by atoms with Crippen molar-refractivity contribution in [1.82, 2.24) is 4.90 Å². The molecular formula is C14H18ClN3O3. The molecule has 2 N–H and O–H groups in total. The van der Waals surface area contributed by atoms with Crippen LogP contribution in [0.1, 0.15) is 36.0 Å². The van der Waals surface area contributed by atoms with Crippen LogP contribution in [0.2, 0.25) is 5.02 Å². The molecule has 1 fully saturated rings. The number of nitro groups is 1. The second kappa shape index (κ2) is 6.87. The fraction of sp³-hybridized carbons (Fsp3) is 0.500. The van der Waals surface area contributed by atoms with Crippen LogP contribution in [0.4, 0.5) is 5.69 Å². The molecule has 1 saturated heterocycles. The number of benzene rings is 1. The van der Waals surface area contributed by atoms with Crippen molar-refractivity contribution in [2.75, 3.05) is 13.1 Å². The molecule has 1 aliphatic rings. The number of nitro benzene ring substituents is 1. The summed E-state index contributed by atoms with van der Waals surface area (Å²) in [5.41, 5.74) is 5.69. The lowest BCUT2D eigenvalue weighted by molar-refractivity contribution is -0.384. The highest BCUT2D eigenvalue weighted by Gasteiger charge is 2.28. The predicted molar refractivity (Wildman–Crippen MR) is 80.5 cm³/mol. The van der Waals surface area contributed by atoms with Crippen LogP contribution in [0.15, 0.2) is 18.2 Å². The van der Waals surface area contributed by atoms with Gasteiger partial charge in [0.25, 0.3) is 11.6 Å². The minimum absolute atomic E-state index is 0.106. The molecule has 114 valence electrons. The Morgan fingerprint density at radius 3 is 2.86 bits per heavy atom. The first kappa shape index (κ1) is 15.7. The van der Waals surface area contributed by atoms with E-state index in [4.69, 9.17) is 17.3 Å². The Balaban J connectivity index is 2.27. The van der Waals surface area contributed by atoms with Gasteiger partial charge in [-0.2, -0.15) is 0 Å². The predicted octanol–water partition coefficient (Wildman–Crippen LogP) is 2.59. The number of amides is 1. The van der Waals surface area contributed by atoms with E-state index < -0.39 is 4.92 Å². The Kier molecular flexibility index (Phi) is 5.14. The molecule has 1 heterocycles. The number of likely N-dealkylation sites (tertiary alicyclic amines) is 1. The van der Waals surface area contributed by atoms with Gasteiger partial charge in [-0.3, -0.25) is 14.9 Å². The van der Waals surface area contributed by atoms with E-state index in [1.54, 1.807) is 4.90 Å². The van der Waals surface area contributed by atoms with E-state index in [1.807, 2.05) is 0 Å². The summed E-state index contributed by atoms with van der Waals surface area (Å²) >= 11 is 5.88. The van der Waals surface area contributed by atoms with Crippen LogP contribution in [-0.4, -0.2) is 34.9 Å². The largest absolute Gasteiger partial charge is 0.336 e. The number of hydrogen-bond acceptors (Lipinski definition) is 4. The molecule has 2 rings (SSSR count). The molecule has 1 amide bonds. The number of carbonyl (C=O) groups is 1. The fourth-order valence-electron chi connectivity index (χ4n) is 2.73. The molecule has 6 nitrogen and oxygen atoms in total. The molecule has 1 aromatic carbocycles. The maximum Gasteiger partial charge on any atom is 0.271 e. The minimum Gasteiger partial charge on any atom is -0.336 e. The number of carbonyl (C=O) groups excluding carboxylic acids is 1. The summed E-state index contributed by atoms with van der Waals surface area (Å²) in [6.45, 7) is 1.17. The zero-order chi connectivity index (χ0) is 15.4.